The molecule has 4 bridgehead atoms. The molecule has 9 nitrogen and oxygen atoms in total. The summed E-state index contributed by atoms with van der Waals surface area (Å²) in [4.78, 5) is 24.7. The van der Waals surface area contributed by atoms with Crippen molar-refractivity contribution in [1.29, 1.82) is 0 Å². The van der Waals surface area contributed by atoms with E-state index in [1.165, 1.54) is 17.4 Å². The highest BCUT2D eigenvalue weighted by Gasteiger charge is 2.35. The molecule has 2 N–H and O–H groups in total. The van der Waals surface area contributed by atoms with E-state index in [4.69, 9.17) is 9.72 Å². The van der Waals surface area contributed by atoms with Crippen molar-refractivity contribution in [3.63, 3.8) is 0 Å². The van der Waals surface area contributed by atoms with E-state index in [-0.39, 0.29) is 22.1 Å². The Kier molecular flexibility index (Phi) is 11.9. The van der Waals surface area contributed by atoms with Crippen molar-refractivity contribution in [3.05, 3.63) is 72.3 Å². The van der Waals surface area contributed by atoms with Crippen molar-refractivity contribution in [2.24, 2.45) is 10.8 Å². The summed E-state index contributed by atoms with van der Waals surface area (Å²) in [7, 11) is -4.15. The molecule has 2 aromatic carbocycles. The van der Waals surface area contributed by atoms with E-state index in [1.807, 2.05) is 48.2 Å². The van der Waals surface area contributed by atoms with E-state index < -0.39 is 21.4 Å². The molecule has 1 atom stereocenters. The highest BCUT2D eigenvalue weighted by Crippen LogP contribution is 2.42. The van der Waals surface area contributed by atoms with E-state index in [0.29, 0.717) is 25.4 Å². The zero-order valence-corrected chi connectivity index (χ0v) is 31.5. The lowest BCUT2D eigenvalue weighted by atomic mass is 9.85. The number of aliphatic carboxylic acids is 1. The number of thiazole rings is 1. The number of fused-ring (bicyclic) bond motifs is 6. The third-order valence-corrected chi connectivity index (χ3v) is 11.5. The molecule has 0 spiro atoms. The SMILES string of the molecule is CCC[C@@](C)(CN1CCCCCCc2ccccc2-c2nc(sc2-c2cccc(OCCC(C)(C)C)c2)NS(=O)(=O)c2cccc1n2)C(=O)O. The molecule has 0 aliphatic carbocycles. The van der Waals surface area contributed by atoms with E-state index in [2.05, 4.69) is 42.6 Å². The fourth-order valence-electron chi connectivity index (χ4n) is 6.28. The first-order valence-corrected chi connectivity index (χ1v) is 19.9. The summed E-state index contributed by atoms with van der Waals surface area (Å²) >= 11 is 1.28. The van der Waals surface area contributed by atoms with Crippen LogP contribution >= 0.6 is 11.3 Å². The quantitative estimate of drug-likeness (QED) is 0.176. The van der Waals surface area contributed by atoms with Gasteiger partial charge in [-0.05, 0) is 79.8 Å². The van der Waals surface area contributed by atoms with Crippen molar-refractivity contribution < 1.29 is 23.1 Å². The maximum atomic E-state index is 13.9. The molecule has 5 rings (SSSR count). The summed E-state index contributed by atoms with van der Waals surface area (Å²) in [6, 6.07) is 21.0. The normalized spacial score (nSPS) is 16.4. The lowest BCUT2D eigenvalue weighted by molar-refractivity contribution is -0.147. The van der Waals surface area contributed by atoms with Crippen LogP contribution in [0.25, 0.3) is 21.7 Å². The van der Waals surface area contributed by atoms with Gasteiger partial charge in [0.25, 0.3) is 10.0 Å². The molecule has 0 fully saturated rings. The number of sulfonamides is 1. The van der Waals surface area contributed by atoms with Crippen LogP contribution in [0.3, 0.4) is 0 Å². The average Bonchev–Trinajstić information content (AvgIpc) is 3.48. The van der Waals surface area contributed by atoms with Gasteiger partial charge in [-0.2, -0.15) is 8.42 Å². The summed E-state index contributed by atoms with van der Waals surface area (Å²) in [6.45, 7) is 11.7. The van der Waals surface area contributed by atoms with Crippen LogP contribution in [-0.2, 0) is 21.2 Å². The number of rotatable bonds is 9. The Morgan fingerprint density at radius 2 is 1.72 bits per heavy atom. The third-order valence-electron chi connectivity index (χ3n) is 9.13. The standard InChI is InChI=1S/C39H50N4O5S2/c1-6-22-39(5,36(44)45)27-43-24-12-8-7-9-15-28-16-10-11-19-31(28)34-35(29-17-13-18-30(26-29)48-25-23-38(2,3)4)49-37(41-34)42-50(46,47)33-21-14-20-32(43)40-33/h10-11,13-14,16-21,26H,6-9,12,15,22-25,27H2,1-5H3,(H,41,42)(H,44,45)/t39-/m0/s1. The fraction of sp³-hybridized carbons (Fsp3) is 0.462. The van der Waals surface area contributed by atoms with E-state index in [9.17, 15) is 18.3 Å². The first-order chi connectivity index (χ1) is 23.8. The molecule has 0 amide bonds. The minimum Gasteiger partial charge on any atom is -0.494 e. The van der Waals surface area contributed by atoms with Gasteiger partial charge in [0, 0.05) is 18.7 Å². The molecule has 268 valence electrons. The molecule has 11 heteroatoms. The molecule has 4 aromatic rings. The molecule has 2 aromatic heterocycles. The van der Waals surface area contributed by atoms with Crippen LogP contribution in [0.5, 0.6) is 5.75 Å². The lowest BCUT2D eigenvalue weighted by Gasteiger charge is -2.33. The summed E-state index contributed by atoms with van der Waals surface area (Å²) in [6.07, 6.45) is 6.73. The number of ether oxygens (including phenoxy) is 1. The van der Waals surface area contributed by atoms with Crippen LogP contribution in [0, 0.1) is 10.8 Å². The van der Waals surface area contributed by atoms with Gasteiger partial charge in [-0.3, -0.25) is 9.52 Å². The third kappa shape index (κ3) is 9.42. The number of benzene rings is 2. The largest absolute Gasteiger partial charge is 0.494 e. The van der Waals surface area contributed by atoms with Gasteiger partial charge < -0.3 is 14.7 Å². The van der Waals surface area contributed by atoms with Crippen LogP contribution in [0.4, 0.5) is 10.9 Å². The molecule has 1 aliphatic heterocycles. The minimum absolute atomic E-state index is 0.148. The number of pyridine rings is 1. The van der Waals surface area contributed by atoms with Gasteiger partial charge in [-0.1, -0.05) is 101 Å². The Morgan fingerprint density at radius 1 is 0.960 bits per heavy atom. The first-order valence-electron chi connectivity index (χ1n) is 17.6. The minimum atomic E-state index is -4.15. The molecular formula is C39H50N4O5S2. The first kappa shape index (κ1) is 37.3. The average molecular weight is 719 g/mol. The fourth-order valence-corrected chi connectivity index (χ4v) is 8.46. The van der Waals surface area contributed by atoms with Crippen molar-refractivity contribution in [1.82, 2.24) is 9.97 Å². The zero-order chi connectivity index (χ0) is 35.9. The van der Waals surface area contributed by atoms with Crippen molar-refractivity contribution in [3.8, 4) is 27.4 Å². The van der Waals surface area contributed by atoms with Crippen LogP contribution < -0.4 is 14.4 Å². The summed E-state index contributed by atoms with van der Waals surface area (Å²) in [5.41, 5.74) is 2.89. The number of anilines is 2. The Morgan fingerprint density at radius 3 is 2.48 bits per heavy atom. The monoisotopic (exact) mass is 718 g/mol. The zero-order valence-electron chi connectivity index (χ0n) is 29.9. The number of carbonyl (C=O) groups is 1. The number of hydrogen-bond donors (Lipinski definition) is 2. The van der Waals surface area contributed by atoms with Crippen LogP contribution in [-0.4, -0.2) is 49.2 Å². The number of hydrogen-bond acceptors (Lipinski definition) is 8. The molecule has 0 unspecified atom stereocenters. The highest BCUT2D eigenvalue weighted by molar-refractivity contribution is 7.92. The molecule has 0 radical (unpaired) electrons. The van der Waals surface area contributed by atoms with Gasteiger partial charge in [0.05, 0.1) is 22.6 Å². The lowest BCUT2D eigenvalue weighted by Crippen LogP contribution is -2.42. The highest BCUT2D eigenvalue weighted by atomic mass is 32.2. The van der Waals surface area contributed by atoms with Crippen LogP contribution in [0.2, 0.25) is 0 Å². The summed E-state index contributed by atoms with van der Waals surface area (Å²) in [5, 5.41) is 10.2. The maximum absolute atomic E-state index is 13.9. The number of nitrogens with one attached hydrogen (secondary N) is 1. The second-order valence-corrected chi connectivity index (χ2v) is 17.3. The predicted octanol–water partition coefficient (Wildman–Crippen LogP) is 9.30. The number of carboxylic acid groups (broad SMARTS) is 1. The van der Waals surface area contributed by atoms with E-state index >= 15 is 0 Å². The topological polar surface area (TPSA) is 122 Å². The predicted molar refractivity (Wildman–Crippen MR) is 203 cm³/mol. The Hall–Kier alpha value is -3.96. The van der Waals surface area contributed by atoms with Gasteiger partial charge >= 0.3 is 5.97 Å². The Balaban J connectivity index is 1.56. The van der Waals surface area contributed by atoms with Gasteiger partial charge in [0.1, 0.15) is 11.6 Å². The van der Waals surface area contributed by atoms with Crippen LogP contribution in [0.1, 0.15) is 85.1 Å². The van der Waals surface area contributed by atoms with Gasteiger partial charge in [0.15, 0.2) is 10.2 Å². The van der Waals surface area contributed by atoms with Crippen molar-refractivity contribution in [2.75, 3.05) is 29.3 Å². The number of carboxylic acids is 1. The van der Waals surface area contributed by atoms with Crippen molar-refractivity contribution >= 4 is 38.3 Å². The smallest absolute Gasteiger partial charge is 0.311 e. The Bertz CT molecular complexity index is 1880. The van der Waals surface area contributed by atoms with Gasteiger partial charge in [-0.25, -0.2) is 9.97 Å². The molecule has 50 heavy (non-hydrogen) atoms. The second kappa shape index (κ2) is 15.9. The van der Waals surface area contributed by atoms with Gasteiger partial charge in [0.2, 0.25) is 0 Å². The molecule has 1 aliphatic rings. The summed E-state index contributed by atoms with van der Waals surface area (Å²) in [5.74, 6) is 0.320. The number of nitrogens with zero attached hydrogens (tertiary/aromatic N) is 3. The number of aryl methyl sites for hydroxylation is 1. The second-order valence-electron chi connectivity index (χ2n) is 14.7. The number of aromatic nitrogens is 2. The summed E-state index contributed by atoms with van der Waals surface area (Å²) < 4.78 is 36.7. The molecular weight excluding hydrogens is 669 g/mol. The van der Waals surface area contributed by atoms with Gasteiger partial charge in [-0.15, -0.1) is 0 Å². The maximum Gasteiger partial charge on any atom is 0.311 e. The van der Waals surface area contributed by atoms with Crippen molar-refractivity contribution in [2.45, 2.75) is 91.0 Å². The molecule has 0 saturated heterocycles. The molecule has 3 heterocycles. The van der Waals surface area contributed by atoms with E-state index in [1.54, 1.807) is 19.1 Å². The van der Waals surface area contributed by atoms with Crippen LogP contribution in [0.15, 0.2) is 71.8 Å². The Labute approximate surface area is 301 Å². The molecule has 0 saturated carbocycles. The van der Waals surface area contributed by atoms with E-state index in [0.717, 1.165) is 78.0 Å².